The summed E-state index contributed by atoms with van der Waals surface area (Å²) in [6, 6.07) is 14.3. The van der Waals surface area contributed by atoms with Crippen molar-refractivity contribution < 1.29 is 14.2 Å². The quantitative estimate of drug-likeness (QED) is 0.634. The minimum Gasteiger partial charge on any atom is -0.485 e. The standard InChI is InChI=1S/C24H29N5O3/c1-17(23-30-12-13-31-23)32-21-5-3-4-18(15-21)19-6-7-22-20(14-19)16-25-24(26-22)27-29-10-8-28(2)9-11-29/h3-7,14-17,23H,8-13H2,1-2H3,(H,25,26,27). The van der Waals surface area contributed by atoms with Crippen LogP contribution in [0.4, 0.5) is 5.95 Å². The van der Waals surface area contributed by atoms with Crippen molar-refractivity contribution in [3.63, 3.8) is 0 Å². The Morgan fingerprint density at radius 3 is 2.62 bits per heavy atom. The highest BCUT2D eigenvalue weighted by Crippen LogP contribution is 2.28. The summed E-state index contributed by atoms with van der Waals surface area (Å²) in [6.07, 6.45) is 1.38. The molecule has 1 aromatic heterocycles. The van der Waals surface area contributed by atoms with Gasteiger partial charge in [-0.3, -0.25) is 5.43 Å². The molecular formula is C24H29N5O3. The highest BCUT2D eigenvalue weighted by molar-refractivity contribution is 5.84. The third kappa shape index (κ3) is 4.83. The molecule has 1 N–H and O–H groups in total. The third-order valence-electron chi connectivity index (χ3n) is 5.86. The zero-order chi connectivity index (χ0) is 21.9. The predicted molar refractivity (Wildman–Crippen MR) is 123 cm³/mol. The van der Waals surface area contributed by atoms with Crippen molar-refractivity contribution in [2.24, 2.45) is 0 Å². The van der Waals surface area contributed by atoms with Gasteiger partial charge < -0.3 is 19.1 Å². The van der Waals surface area contributed by atoms with Crippen LogP contribution in [0.15, 0.2) is 48.7 Å². The molecule has 2 aromatic carbocycles. The zero-order valence-electron chi connectivity index (χ0n) is 18.5. The number of ether oxygens (including phenoxy) is 3. The Hall–Kier alpha value is -2.78. The van der Waals surface area contributed by atoms with Gasteiger partial charge >= 0.3 is 0 Å². The minimum absolute atomic E-state index is 0.177. The van der Waals surface area contributed by atoms with Crippen molar-refractivity contribution in [2.75, 3.05) is 51.9 Å². The van der Waals surface area contributed by atoms with Crippen LogP contribution in [0.25, 0.3) is 22.0 Å². The average Bonchev–Trinajstić information content (AvgIpc) is 3.36. The number of rotatable bonds is 6. The number of fused-ring (bicyclic) bond motifs is 1. The van der Waals surface area contributed by atoms with Crippen LogP contribution in [0.5, 0.6) is 5.75 Å². The van der Waals surface area contributed by atoms with Gasteiger partial charge in [0.15, 0.2) is 6.29 Å². The van der Waals surface area contributed by atoms with E-state index in [4.69, 9.17) is 19.2 Å². The van der Waals surface area contributed by atoms with Crippen molar-refractivity contribution >= 4 is 16.9 Å². The monoisotopic (exact) mass is 435 g/mol. The molecule has 0 bridgehead atoms. The van der Waals surface area contributed by atoms with E-state index < -0.39 is 0 Å². The summed E-state index contributed by atoms with van der Waals surface area (Å²) in [4.78, 5) is 11.5. The van der Waals surface area contributed by atoms with Crippen molar-refractivity contribution in [1.29, 1.82) is 0 Å². The van der Waals surface area contributed by atoms with Crippen LogP contribution in [0.2, 0.25) is 0 Å². The van der Waals surface area contributed by atoms with E-state index in [1.54, 1.807) is 0 Å². The van der Waals surface area contributed by atoms with E-state index in [9.17, 15) is 0 Å². The second-order valence-electron chi connectivity index (χ2n) is 8.33. The molecule has 8 nitrogen and oxygen atoms in total. The summed E-state index contributed by atoms with van der Waals surface area (Å²) in [7, 11) is 2.14. The Morgan fingerprint density at radius 1 is 1.03 bits per heavy atom. The van der Waals surface area contributed by atoms with E-state index in [-0.39, 0.29) is 12.4 Å². The number of hydrazine groups is 1. The highest BCUT2D eigenvalue weighted by atomic mass is 16.7. The summed E-state index contributed by atoms with van der Waals surface area (Å²) < 4.78 is 17.1. The first-order chi connectivity index (χ1) is 15.6. The lowest BCUT2D eigenvalue weighted by atomic mass is 10.0. The lowest BCUT2D eigenvalue weighted by molar-refractivity contribution is -0.104. The molecule has 0 saturated carbocycles. The molecule has 5 rings (SSSR count). The number of hydrogen-bond acceptors (Lipinski definition) is 8. The second-order valence-corrected chi connectivity index (χ2v) is 8.33. The summed E-state index contributed by atoms with van der Waals surface area (Å²) in [5.74, 6) is 1.42. The van der Waals surface area contributed by atoms with Gasteiger partial charge in [-0.15, -0.1) is 0 Å². The summed E-state index contributed by atoms with van der Waals surface area (Å²) in [5.41, 5.74) is 6.41. The number of hydrogen-bond donors (Lipinski definition) is 1. The van der Waals surface area contributed by atoms with Crippen molar-refractivity contribution in [3.05, 3.63) is 48.7 Å². The Balaban J connectivity index is 1.30. The molecular weight excluding hydrogens is 406 g/mol. The SMILES string of the molecule is CC(Oc1cccc(-c2ccc3nc(NN4CCN(C)CC4)ncc3c2)c1)C1OCCO1. The van der Waals surface area contributed by atoms with E-state index in [1.165, 1.54) is 0 Å². The number of nitrogens with one attached hydrogen (secondary N) is 1. The van der Waals surface area contributed by atoms with Gasteiger partial charge in [0.2, 0.25) is 5.95 Å². The van der Waals surface area contributed by atoms with E-state index in [0.29, 0.717) is 19.2 Å². The molecule has 3 aromatic rings. The van der Waals surface area contributed by atoms with Crippen molar-refractivity contribution in [2.45, 2.75) is 19.3 Å². The topological polar surface area (TPSA) is 72.0 Å². The lowest BCUT2D eigenvalue weighted by Gasteiger charge is -2.32. The molecule has 8 heteroatoms. The maximum absolute atomic E-state index is 6.05. The minimum atomic E-state index is -0.315. The van der Waals surface area contributed by atoms with Gasteiger partial charge in [-0.1, -0.05) is 18.2 Å². The number of likely N-dealkylation sites (N-methyl/N-ethyl adjacent to an activating group) is 1. The molecule has 2 aliphatic rings. The van der Waals surface area contributed by atoms with Gasteiger partial charge in [-0.2, -0.15) is 0 Å². The van der Waals surface area contributed by atoms with E-state index in [0.717, 1.165) is 54.0 Å². The van der Waals surface area contributed by atoms with Gasteiger partial charge in [0.1, 0.15) is 11.9 Å². The normalized spacial score (nSPS) is 19.3. The fourth-order valence-corrected chi connectivity index (χ4v) is 3.99. The van der Waals surface area contributed by atoms with Gasteiger partial charge in [0.05, 0.1) is 18.7 Å². The Morgan fingerprint density at radius 2 is 1.81 bits per heavy atom. The first-order valence-corrected chi connectivity index (χ1v) is 11.1. The number of nitrogens with zero attached hydrogens (tertiary/aromatic N) is 4. The van der Waals surface area contributed by atoms with Crippen LogP contribution in [0, 0.1) is 0 Å². The molecule has 1 atom stereocenters. The number of anilines is 1. The lowest BCUT2D eigenvalue weighted by Crippen LogP contribution is -2.47. The molecule has 0 aliphatic carbocycles. The third-order valence-corrected chi connectivity index (χ3v) is 5.86. The molecule has 0 spiro atoms. The summed E-state index contributed by atoms with van der Waals surface area (Å²) in [6.45, 7) is 7.16. The molecule has 2 fully saturated rings. The van der Waals surface area contributed by atoms with E-state index in [2.05, 4.69) is 45.6 Å². The molecule has 168 valence electrons. The fourth-order valence-electron chi connectivity index (χ4n) is 3.99. The number of piperazine rings is 1. The first-order valence-electron chi connectivity index (χ1n) is 11.1. The Labute approximate surface area is 188 Å². The summed E-state index contributed by atoms with van der Waals surface area (Å²) >= 11 is 0. The van der Waals surface area contributed by atoms with Crippen LogP contribution in [-0.4, -0.2) is 78.7 Å². The second kappa shape index (κ2) is 9.38. The van der Waals surface area contributed by atoms with Gasteiger partial charge in [0.25, 0.3) is 0 Å². The molecule has 0 amide bonds. The van der Waals surface area contributed by atoms with E-state index in [1.807, 2.05) is 37.4 Å². The maximum atomic E-state index is 6.05. The molecule has 2 saturated heterocycles. The van der Waals surface area contributed by atoms with Crippen LogP contribution >= 0.6 is 0 Å². The Kier molecular flexibility index (Phi) is 6.18. The summed E-state index contributed by atoms with van der Waals surface area (Å²) in [5, 5.41) is 3.17. The van der Waals surface area contributed by atoms with Crippen LogP contribution in [0.3, 0.4) is 0 Å². The maximum Gasteiger partial charge on any atom is 0.238 e. The van der Waals surface area contributed by atoms with Crippen LogP contribution < -0.4 is 10.2 Å². The molecule has 0 radical (unpaired) electrons. The van der Waals surface area contributed by atoms with Gasteiger partial charge in [-0.05, 0) is 49.4 Å². The molecule has 1 unspecified atom stereocenters. The largest absolute Gasteiger partial charge is 0.485 e. The Bertz CT molecular complexity index is 1060. The van der Waals surface area contributed by atoms with Gasteiger partial charge in [-0.25, -0.2) is 15.0 Å². The van der Waals surface area contributed by atoms with Crippen molar-refractivity contribution in [1.82, 2.24) is 19.9 Å². The molecule has 3 heterocycles. The molecule has 32 heavy (non-hydrogen) atoms. The molecule has 2 aliphatic heterocycles. The number of aromatic nitrogens is 2. The van der Waals surface area contributed by atoms with Crippen LogP contribution in [-0.2, 0) is 9.47 Å². The highest BCUT2D eigenvalue weighted by Gasteiger charge is 2.24. The predicted octanol–water partition coefficient (Wildman–Crippen LogP) is 3.01. The van der Waals surface area contributed by atoms with E-state index >= 15 is 0 Å². The fraction of sp³-hybridized carbons (Fsp3) is 0.417. The smallest absolute Gasteiger partial charge is 0.238 e. The van der Waals surface area contributed by atoms with Crippen molar-refractivity contribution in [3.8, 4) is 16.9 Å². The number of benzene rings is 2. The zero-order valence-corrected chi connectivity index (χ0v) is 18.5. The van der Waals surface area contributed by atoms with Crippen LogP contribution in [0.1, 0.15) is 6.92 Å². The first kappa shape index (κ1) is 21.1. The van der Waals surface area contributed by atoms with Gasteiger partial charge in [0, 0.05) is 37.8 Å². The average molecular weight is 436 g/mol.